The maximum Gasteiger partial charge on any atom is 0.122 e. The number of ether oxygens (including phenoxy) is 1. The normalized spacial score (nSPS) is 12.2. The Morgan fingerprint density at radius 3 is 2.20 bits per heavy atom. The zero-order valence-electron chi connectivity index (χ0n) is 12.6. The number of aliphatic hydroxyl groups is 1. The van der Waals surface area contributed by atoms with Crippen LogP contribution in [0.1, 0.15) is 40.8 Å². The third-order valence-corrected chi connectivity index (χ3v) is 3.70. The van der Waals surface area contributed by atoms with Gasteiger partial charge in [0, 0.05) is 0 Å². The van der Waals surface area contributed by atoms with E-state index in [0.717, 1.165) is 16.9 Å². The highest BCUT2D eigenvalue weighted by Gasteiger charge is 2.07. The summed E-state index contributed by atoms with van der Waals surface area (Å²) in [6.45, 7) is 8.56. The van der Waals surface area contributed by atoms with Crippen molar-refractivity contribution in [1.29, 1.82) is 0 Å². The van der Waals surface area contributed by atoms with Gasteiger partial charge in [0.2, 0.25) is 0 Å². The summed E-state index contributed by atoms with van der Waals surface area (Å²) in [5, 5.41) is 9.58. The first kappa shape index (κ1) is 14.6. The molecular weight excluding hydrogens is 248 g/mol. The van der Waals surface area contributed by atoms with Crippen LogP contribution >= 0.6 is 0 Å². The molecule has 2 aromatic carbocycles. The van der Waals surface area contributed by atoms with Crippen LogP contribution in [0.2, 0.25) is 0 Å². The molecule has 2 rings (SSSR count). The molecular formula is C18H22O2. The molecule has 0 aliphatic rings. The van der Waals surface area contributed by atoms with E-state index in [9.17, 15) is 5.11 Å². The molecule has 0 unspecified atom stereocenters. The molecule has 0 aliphatic carbocycles. The van der Waals surface area contributed by atoms with Crippen molar-refractivity contribution in [3.63, 3.8) is 0 Å². The lowest BCUT2D eigenvalue weighted by Crippen LogP contribution is -2.02. The highest BCUT2D eigenvalue weighted by atomic mass is 16.5. The van der Waals surface area contributed by atoms with Crippen LogP contribution in [0.3, 0.4) is 0 Å². The minimum Gasteiger partial charge on any atom is -0.489 e. The summed E-state index contributed by atoms with van der Waals surface area (Å²) in [4.78, 5) is 0. The van der Waals surface area contributed by atoms with E-state index in [0.29, 0.717) is 6.61 Å². The Kier molecular flexibility index (Phi) is 4.46. The largest absolute Gasteiger partial charge is 0.489 e. The summed E-state index contributed by atoms with van der Waals surface area (Å²) >= 11 is 0. The number of hydrogen-bond acceptors (Lipinski definition) is 2. The molecule has 0 fully saturated rings. The van der Waals surface area contributed by atoms with Gasteiger partial charge in [-0.15, -0.1) is 0 Å². The van der Waals surface area contributed by atoms with Crippen LogP contribution in [-0.2, 0) is 6.61 Å². The zero-order chi connectivity index (χ0) is 14.7. The predicted molar refractivity (Wildman–Crippen MR) is 82.1 cm³/mol. The van der Waals surface area contributed by atoms with E-state index < -0.39 is 6.10 Å². The maximum atomic E-state index is 9.58. The van der Waals surface area contributed by atoms with Crippen molar-refractivity contribution in [2.24, 2.45) is 0 Å². The third-order valence-electron chi connectivity index (χ3n) is 3.70. The Balaban J connectivity index is 2.15. The molecule has 0 saturated carbocycles. The Morgan fingerprint density at radius 1 is 1.00 bits per heavy atom. The van der Waals surface area contributed by atoms with E-state index in [2.05, 4.69) is 32.0 Å². The average molecular weight is 270 g/mol. The Labute approximate surface area is 121 Å². The summed E-state index contributed by atoms with van der Waals surface area (Å²) < 4.78 is 5.94. The predicted octanol–water partition coefficient (Wildman–Crippen LogP) is 4.24. The van der Waals surface area contributed by atoms with Crippen LogP contribution in [0.4, 0.5) is 0 Å². The Bertz CT molecular complexity index is 580. The van der Waals surface area contributed by atoms with E-state index in [1.165, 1.54) is 16.7 Å². The van der Waals surface area contributed by atoms with Gasteiger partial charge in [0.05, 0.1) is 6.10 Å². The van der Waals surface area contributed by atoms with Crippen molar-refractivity contribution in [2.45, 2.75) is 40.4 Å². The van der Waals surface area contributed by atoms with Gasteiger partial charge in [0.25, 0.3) is 0 Å². The molecule has 0 amide bonds. The number of aryl methyl sites for hydroxylation is 3. The summed E-state index contributed by atoms with van der Waals surface area (Å²) in [7, 11) is 0. The van der Waals surface area contributed by atoms with Gasteiger partial charge < -0.3 is 9.84 Å². The lowest BCUT2D eigenvalue weighted by atomic mass is 10.0. The molecule has 2 aromatic rings. The second-order valence-electron chi connectivity index (χ2n) is 5.36. The standard InChI is InChI=1S/C18H22O2/c1-12-6-5-7-13(2)17(12)11-20-18-9-8-16(15(4)19)10-14(18)3/h5-10,15,19H,11H2,1-4H3/t15-/m1/s1. The minimum absolute atomic E-state index is 0.443. The highest BCUT2D eigenvalue weighted by molar-refractivity contribution is 5.38. The van der Waals surface area contributed by atoms with Gasteiger partial charge >= 0.3 is 0 Å². The fourth-order valence-corrected chi connectivity index (χ4v) is 2.32. The zero-order valence-corrected chi connectivity index (χ0v) is 12.6. The molecule has 2 heteroatoms. The summed E-state index contributed by atoms with van der Waals surface area (Å²) in [6.07, 6.45) is -0.443. The number of rotatable bonds is 4. The average Bonchev–Trinajstić information content (AvgIpc) is 2.39. The molecule has 0 aromatic heterocycles. The van der Waals surface area contributed by atoms with Gasteiger partial charge in [-0.2, -0.15) is 0 Å². The highest BCUT2D eigenvalue weighted by Crippen LogP contribution is 2.24. The first-order valence-corrected chi connectivity index (χ1v) is 6.95. The van der Waals surface area contributed by atoms with Crippen molar-refractivity contribution in [3.8, 4) is 5.75 Å². The first-order valence-electron chi connectivity index (χ1n) is 6.95. The molecule has 1 atom stereocenters. The Hall–Kier alpha value is -1.80. The van der Waals surface area contributed by atoms with Gasteiger partial charge in [-0.25, -0.2) is 0 Å². The second kappa shape index (κ2) is 6.10. The molecule has 0 heterocycles. The van der Waals surface area contributed by atoms with Crippen molar-refractivity contribution < 1.29 is 9.84 Å². The lowest BCUT2D eigenvalue weighted by molar-refractivity contribution is 0.199. The topological polar surface area (TPSA) is 29.5 Å². The smallest absolute Gasteiger partial charge is 0.122 e. The van der Waals surface area contributed by atoms with Crippen LogP contribution in [0.25, 0.3) is 0 Å². The van der Waals surface area contributed by atoms with Gasteiger partial charge in [-0.3, -0.25) is 0 Å². The molecule has 0 aliphatic heterocycles. The van der Waals surface area contributed by atoms with E-state index in [-0.39, 0.29) is 0 Å². The van der Waals surface area contributed by atoms with E-state index in [4.69, 9.17) is 4.74 Å². The van der Waals surface area contributed by atoms with Crippen molar-refractivity contribution >= 4 is 0 Å². The van der Waals surface area contributed by atoms with Crippen molar-refractivity contribution in [2.75, 3.05) is 0 Å². The van der Waals surface area contributed by atoms with Crippen LogP contribution in [0.15, 0.2) is 36.4 Å². The summed E-state index contributed by atoms with van der Waals surface area (Å²) in [6, 6.07) is 12.1. The molecule has 0 bridgehead atoms. The maximum absolute atomic E-state index is 9.58. The second-order valence-corrected chi connectivity index (χ2v) is 5.36. The van der Waals surface area contributed by atoms with Crippen LogP contribution < -0.4 is 4.74 Å². The van der Waals surface area contributed by atoms with Crippen LogP contribution in [-0.4, -0.2) is 5.11 Å². The van der Waals surface area contributed by atoms with E-state index >= 15 is 0 Å². The van der Waals surface area contributed by atoms with Crippen molar-refractivity contribution in [1.82, 2.24) is 0 Å². The monoisotopic (exact) mass is 270 g/mol. The minimum atomic E-state index is -0.443. The summed E-state index contributed by atoms with van der Waals surface area (Å²) in [5.41, 5.74) is 5.72. The van der Waals surface area contributed by atoms with Gasteiger partial charge in [0.1, 0.15) is 12.4 Å². The number of aliphatic hydroxyl groups excluding tert-OH is 1. The summed E-state index contributed by atoms with van der Waals surface area (Å²) in [5.74, 6) is 0.872. The van der Waals surface area contributed by atoms with Crippen LogP contribution in [0, 0.1) is 20.8 Å². The lowest BCUT2D eigenvalue weighted by Gasteiger charge is -2.14. The van der Waals surface area contributed by atoms with E-state index in [1.807, 2.05) is 25.1 Å². The fraction of sp³-hybridized carbons (Fsp3) is 0.333. The molecule has 1 N–H and O–H groups in total. The Morgan fingerprint density at radius 2 is 1.65 bits per heavy atom. The molecule has 20 heavy (non-hydrogen) atoms. The van der Waals surface area contributed by atoms with Gasteiger partial charge in [0.15, 0.2) is 0 Å². The van der Waals surface area contributed by atoms with Gasteiger partial charge in [-0.05, 0) is 67.6 Å². The molecule has 0 saturated heterocycles. The third kappa shape index (κ3) is 3.20. The fourth-order valence-electron chi connectivity index (χ4n) is 2.32. The van der Waals surface area contributed by atoms with Crippen LogP contribution in [0.5, 0.6) is 5.75 Å². The quantitative estimate of drug-likeness (QED) is 0.900. The molecule has 0 spiro atoms. The first-order chi connectivity index (χ1) is 9.49. The number of hydrogen-bond donors (Lipinski definition) is 1. The van der Waals surface area contributed by atoms with E-state index in [1.54, 1.807) is 6.92 Å². The van der Waals surface area contributed by atoms with Crippen molar-refractivity contribution in [3.05, 3.63) is 64.2 Å². The number of benzene rings is 2. The molecule has 106 valence electrons. The molecule has 0 radical (unpaired) electrons. The SMILES string of the molecule is Cc1cc([C@@H](C)O)ccc1OCc1c(C)cccc1C. The van der Waals surface area contributed by atoms with Gasteiger partial charge in [-0.1, -0.05) is 24.3 Å². The molecule has 2 nitrogen and oxygen atoms in total.